The molecule has 0 fully saturated rings. The molecule has 2 unspecified atom stereocenters. The molecule has 0 aromatic heterocycles. The first kappa shape index (κ1) is 15.7. The summed E-state index contributed by atoms with van der Waals surface area (Å²) < 4.78 is 0. The van der Waals surface area contributed by atoms with Gasteiger partial charge in [-0.25, -0.2) is 0 Å². The molecule has 1 N–H and O–H groups in total. The highest BCUT2D eigenvalue weighted by Gasteiger charge is 2.21. The lowest BCUT2D eigenvalue weighted by Crippen LogP contribution is -2.24. The number of aliphatic carboxylic acids is 1. The number of hydrogen-bond donors (Lipinski definition) is 1. The predicted molar refractivity (Wildman–Crippen MR) is 78.3 cm³/mol. The standard InChI is InChI=1S/C16H25NO2/c1-5-6-13-7-9-14(10-8-13)15(17(3)4)11-12(2)16(18)19/h7-10,12,15H,5-6,11H2,1-4H3,(H,18,19). The van der Waals surface area contributed by atoms with Crippen molar-refractivity contribution in [1.82, 2.24) is 4.90 Å². The van der Waals surface area contributed by atoms with Gasteiger partial charge in [-0.1, -0.05) is 44.5 Å². The van der Waals surface area contributed by atoms with Gasteiger partial charge in [0.2, 0.25) is 0 Å². The van der Waals surface area contributed by atoms with E-state index in [0.717, 1.165) is 12.8 Å². The second kappa shape index (κ2) is 7.29. The fourth-order valence-electron chi connectivity index (χ4n) is 2.28. The molecular formula is C16H25NO2. The lowest BCUT2D eigenvalue weighted by atomic mass is 9.94. The summed E-state index contributed by atoms with van der Waals surface area (Å²) in [6, 6.07) is 8.72. The number of carboxylic acids is 1. The number of nitrogens with zero attached hydrogens (tertiary/aromatic N) is 1. The Balaban J connectivity index is 2.84. The Morgan fingerprint density at radius 1 is 1.26 bits per heavy atom. The first-order chi connectivity index (χ1) is 8.95. The Kier molecular flexibility index (Phi) is 6.03. The van der Waals surface area contributed by atoms with Gasteiger partial charge in [0, 0.05) is 6.04 Å². The van der Waals surface area contributed by atoms with Gasteiger partial charge in [-0.2, -0.15) is 0 Å². The maximum atomic E-state index is 11.0. The van der Waals surface area contributed by atoms with E-state index in [1.807, 2.05) is 14.1 Å². The number of carboxylic acid groups (broad SMARTS) is 1. The van der Waals surface area contributed by atoms with Crippen LogP contribution in [0.25, 0.3) is 0 Å². The van der Waals surface area contributed by atoms with Crippen LogP contribution >= 0.6 is 0 Å². The van der Waals surface area contributed by atoms with Gasteiger partial charge in [0.25, 0.3) is 0 Å². The number of aryl methyl sites for hydroxylation is 1. The van der Waals surface area contributed by atoms with E-state index in [4.69, 9.17) is 5.11 Å². The van der Waals surface area contributed by atoms with Gasteiger partial charge in [0.05, 0.1) is 5.92 Å². The molecule has 1 rings (SSSR count). The van der Waals surface area contributed by atoms with Crippen LogP contribution in [0.1, 0.15) is 43.9 Å². The molecule has 3 nitrogen and oxygen atoms in total. The van der Waals surface area contributed by atoms with E-state index < -0.39 is 5.97 Å². The van der Waals surface area contributed by atoms with E-state index in [2.05, 4.69) is 36.1 Å². The molecule has 2 atom stereocenters. The van der Waals surface area contributed by atoms with E-state index in [1.165, 1.54) is 11.1 Å². The number of rotatable bonds is 7. The van der Waals surface area contributed by atoms with Crippen LogP contribution in [0, 0.1) is 5.92 Å². The molecule has 0 aliphatic rings. The van der Waals surface area contributed by atoms with E-state index >= 15 is 0 Å². The van der Waals surface area contributed by atoms with Crippen LogP contribution < -0.4 is 0 Å². The van der Waals surface area contributed by atoms with Gasteiger partial charge in [0.1, 0.15) is 0 Å². The summed E-state index contributed by atoms with van der Waals surface area (Å²) in [6.45, 7) is 3.94. The molecule has 3 heteroatoms. The second-order valence-electron chi connectivity index (χ2n) is 5.45. The molecule has 0 saturated heterocycles. The molecular weight excluding hydrogens is 238 g/mol. The predicted octanol–water partition coefficient (Wildman–Crippen LogP) is 3.35. The van der Waals surface area contributed by atoms with Gasteiger partial charge < -0.3 is 10.0 Å². The van der Waals surface area contributed by atoms with Crippen molar-refractivity contribution in [1.29, 1.82) is 0 Å². The fraction of sp³-hybridized carbons (Fsp3) is 0.562. The molecule has 0 aliphatic carbocycles. The van der Waals surface area contributed by atoms with Crippen molar-refractivity contribution in [3.63, 3.8) is 0 Å². The van der Waals surface area contributed by atoms with Crippen molar-refractivity contribution >= 4 is 5.97 Å². The third-order valence-corrected chi connectivity index (χ3v) is 3.52. The Morgan fingerprint density at radius 2 is 1.84 bits per heavy atom. The van der Waals surface area contributed by atoms with E-state index in [1.54, 1.807) is 6.92 Å². The summed E-state index contributed by atoms with van der Waals surface area (Å²) in [7, 11) is 4.00. The third kappa shape index (κ3) is 4.67. The van der Waals surface area contributed by atoms with Crippen LogP contribution in [-0.2, 0) is 11.2 Å². The van der Waals surface area contributed by atoms with Crippen molar-refractivity contribution < 1.29 is 9.90 Å². The molecule has 0 aliphatic heterocycles. The van der Waals surface area contributed by atoms with Crippen LogP contribution in [-0.4, -0.2) is 30.1 Å². The van der Waals surface area contributed by atoms with Gasteiger partial charge in [-0.05, 0) is 38.1 Å². The lowest BCUT2D eigenvalue weighted by molar-refractivity contribution is -0.141. The summed E-state index contributed by atoms with van der Waals surface area (Å²) in [4.78, 5) is 13.1. The SMILES string of the molecule is CCCc1ccc(C(CC(C)C(=O)O)N(C)C)cc1. The quantitative estimate of drug-likeness (QED) is 0.820. The highest BCUT2D eigenvalue weighted by atomic mass is 16.4. The molecule has 0 amide bonds. The van der Waals surface area contributed by atoms with Crippen molar-refractivity contribution in [3.8, 4) is 0 Å². The maximum absolute atomic E-state index is 11.0. The largest absolute Gasteiger partial charge is 0.481 e. The molecule has 19 heavy (non-hydrogen) atoms. The van der Waals surface area contributed by atoms with Crippen LogP contribution in [0.4, 0.5) is 0 Å². The minimum atomic E-state index is -0.727. The highest BCUT2D eigenvalue weighted by molar-refractivity contribution is 5.69. The minimum absolute atomic E-state index is 0.154. The van der Waals surface area contributed by atoms with Gasteiger partial charge in [-0.15, -0.1) is 0 Å². The molecule has 1 aromatic rings. The normalized spacial score (nSPS) is 14.4. The topological polar surface area (TPSA) is 40.5 Å². The van der Waals surface area contributed by atoms with Gasteiger partial charge in [-0.3, -0.25) is 4.79 Å². The Labute approximate surface area is 116 Å². The summed E-state index contributed by atoms with van der Waals surface area (Å²) in [5.74, 6) is -1.06. The summed E-state index contributed by atoms with van der Waals surface area (Å²) in [6.07, 6.45) is 2.88. The van der Waals surface area contributed by atoms with Crippen LogP contribution in [0.15, 0.2) is 24.3 Å². The van der Waals surface area contributed by atoms with E-state index in [-0.39, 0.29) is 12.0 Å². The highest BCUT2D eigenvalue weighted by Crippen LogP contribution is 2.26. The number of carbonyl (C=O) groups is 1. The molecule has 0 heterocycles. The van der Waals surface area contributed by atoms with Crippen LogP contribution in [0.2, 0.25) is 0 Å². The zero-order valence-electron chi connectivity index (χ0n) is 12.4. The summed E-state index contributed by atoms with van der Waals surface area (Å²) in [5.41, 5.74) is 2.54. The molecule has 0 spiro atoms. The number of benzene rings is 1. The van der Waals surface area contributed by atoms with Gasteiger partial charge >= 0.3 is 5.97 Å². The summed E-state index contributed by atoms with van der Waals surface area (Å²) >= 11 is 0. The van der Waals surface area contributed by atoms with Crippen LogP contribution in [0.5, 0.6) is 0 Å². The number of hydrogen-bond acceptors (Lipinski definition) is 2. The Bertz CT molecular complexity index is 398. The Hall–Kier alpha value is -1.35. The van der Waals surface area contributed by atoms with E-state index in [9.17, 15) is 4.79 Å². The maximum Gasteiger partial charge on any atom is 0.306 e. The van der Waals surface area contributed by atoms with Crippen molar-refractivity contribution in [2.45, 2.75) is 39.2 Å². The lowest BCUT2D eigenvalue weighted by Gasteiger charge is -2.26. The average molecular weight is 263 g/mol. The second-order valence-corrected chi connectivity index (χ2v) is 5.45. The first-order valence-electron chi connectivity index (χ1n) is 6.93. The molecule has 106 valence electrons. The monoisotopic (exact) mass is 263 g/mol. The molecule has 0 saturated carbocycles. The van der Waals surface area contributed by atoms with Crippen molar-refractivity contribution in [3.05, 3.63) is 35.4 Å². The fourth-order valence-corrected chi connectivity index (χ4v) is 2.28. The zero-order valence-corrected chi connectivity index (χ0v) is 12.4. The molecule has 0 bridgehead atoms. The first-order valence-corrected chi connectivity index (χ1v) is 6.93. The molecule has 1 aromatic carbocycles. The van der Waals surface area contributed by atoms with Crippen LogP contribution in [0.3, 0.4) is 0 Å². The third-order valence-electron chi connectivity index (χ3n) is 3.52. The summed E-state index contributed by atoms with van der Waals surface area (Å²) in [5, 5.41) is 9.06. The molecule has 0 radical (unpaired) electrons. The smallest absolute Gasteiger partial charge is 0.306 e. The van der Waals surface area contributed by atoms with Gasteiger partial charge in [0.15, 0.2) is 0 Å². The Morgan fingerprint density at radius 3 is 2.26 bits per heavy atom. The zero-order chi connectivity index (χ0) is 14.4. The van der Waals surface area contributed by atoms with Crippen molar-refractivity contribution in [2.24, 2.45) is 5.92 Å². The van der Waals surface area contributed by atoms with E-state index in [0.29, 0.717) is 6.42 Å². The minimum Gasteiger partial charge on any atom is -0.481 e. The van der Waals surface area contributed by atoms with Crippen molar-refractivity contribution in [2.75, 3.05) is 14.1 Å². The average Bonchev–Trinajstić information content (AvgIpc) is 2.36.